The fraction of sp³-hybridized carbons (Fsp3) is 0.923. The molecule has 0 heterocycles. The summed E-state index contributed by atoms with van der Waals surface area (Å²) < 4.78 is 24.7. The quantitative estimate of drug-likeness (QED) is 0.113. The predicted molar refractivity (Wildman–Crippen MR) is 128 cm³/mol. The maximum absolute atomic E-state index is 6.31. The van der Waals surface area contributed by atoms with Crippen molar-refractivity contribution < 1.29 is 18.9 Å². The van der Waals surface area contributed by atoms with Gasteiger partial charge in [-0.05, 0) is 67.2 Å². The number of hydrogen-bond acceptors (Lipinski definition) is 4. The molecule has 1 atom stereocenters. The summed E-state index contributed by atoms with van der Waals surface area (Å²) >= 11 is 0. The molecule has 0 aliphatic rings. The first-order valence-electron chi connectivity index (χ1n) is 12.4. The van der Waals surface area contributed by atoms with Crippen LogP contribution < -0.4 is 0 Å². The Morgan fingerprint density at radius 2 is 1.27 bits per heavy atom. The smallest absolute Gasteiger partial charge is 0.283 e. The van der Waals surface area contributed by atoms with Gasteiger partial charge in [0.2, 0.25) is 0 Å². The maximum Gasteiger partial charge on any atom is 0.283 e. The second-order valence-corrected chi connectivity index (χ2v) is 9.61. The van der Waals surface area contributed by atoms with Crippen molar-refractivity contribution >= 4 is 0 Å². The van der Waals surface area contributed by atoms with Crippen LogP contribution in [0.3, 0.4) is 0 Å². The molecule has 0 fully saturated rings. The van der Waals surface area contributed by atoms with E-state index in [1.54, 1.807) is 0 Å². The molecule has 4 nitrogen and oxygen atoms in total. The SMILES string of the molecule is C=C(C)COCCCC(CCCCCCC)CC(OC(C)C)(OC(C)C)OC(C)C. The predicted octanol–water partition coefficient (Wildman–Crippen LogP) is 7.65. The molecule has 0 N–H and O–H groups in total. The zero-order valence-corrected chi connectivity index (χ0v) is 21.4. The van der Waals surface area contributed by atoms with Gasteiger partial charge in [0.15, 0.2) is 0 Å². The lowest BCUT2D eigenvalue weighted by molar-refractivity contribution is -0.415. The van der Waals surface area contributed by atoms with E-state index in [1.165, 1.54) is 38.5 Å². The van der Waals surface area contributed by atoms with Crippen molar-refractivity contribution in [1.29, 1.82) is 0 Å². The fourth-order valence-corrected chi connectivity index (χ4v) is 3.76. The highest BCUT2D eigenvalue weighted by Gasteiger charge is 2.39. The van der Waals surface area contributed by atoms with Crippen molar-refractivity contribution in [3.8, 4) is 0 Å². The summed E-state index contributed by atoms with van der Waals surface area (Å²) in [6, 6.07) is 0. The molecule has 0 aliphatic carbocycles. The van der Waals surface area contributed by atoms with Crippen LogP contribution in [0.5, 0.6) is 0 Å². The summed E-state index contributed by atoms with van der Waals surface area (Å²) in [5.74, 6) is -0.500. The Morgan fingerprint density at radius 3 is 1.73 bits per heavy atom. The molecule has 0 aromatic heterocycles. The van der Waals surface area contributed by atoms with Crippen LogP contribution in [0.25, 0.3) is 0 Å². The van der Waals surface area contributed by atoms with Gasteiger partial charge in [-0.15, -0.1) is 0 Å². The van der Waals surface area contributed by atoms with Crippen LogP contribution >= 0.6 is 0 Å². The molecule has 0 saturated carbocycles. The topological polar surface area (TPSA) is 36.9 Å². The molecule has 0 aromatic rings. The van der Waals surface area contributed by atoms with E-state index in [-0.39, 0.29) is 18.3 Å². The third kappa shape index (κ3) is 16.3. The summed E-state index contributed by atoms with van der Waals surface area (Å²) in [6.45, 7) is 21.9. The van der Waals surface area contributed by atoms with E-state index >= 15 is 0 Å². The Bertz CT molecular complexity index is 391. The van der Waals surface area contributed by atoms with Crippen molar-refractivity contribution in [3.63, 3.8) is 0 Å². The van der Waals surface area contributed by atoms with Crippen LogP contribution in [0.2, 0.25) is 0 Å². The maximum atomic E-state index is 6.31. The lowest BCUT2D eigenvalue weighted by atomic mass is 9.91. The van der Waals surface area contributed by atoms with Gasteiger partial charge in [0.05, 0.1) is 24.9 Å². The van der Waals surface area contributed by atoms with E-state index < -0.39 is 5.97 Å². The monoisotopic (exact) mass is 428 g/mol. The molecular formula is C26H52O4. The molecule has 0 bridgehead atoms. The number of hydrogen-bond donors (Lipinski definition) is 0. The summed E-state index contributed by atoms with van der Waals surface area (Å²) in [5, 5.41) is 0. The molecule has 0 saturated heterocycles. The van der Waals surface area contributed by atoms with Gasteiger partial charge in [0.1, 0.15) is 0 Å². The van der Waals surface area contributed by atoms with Crippen molar-refractivity contribution in [3.05, 3.63) is 12.2 Å². The van der Waals surface area contributed by atoms with E-state index in [9.17, 15) is 0 Å². The molecule has 0 aromatic carbocycles. The van der Waals surface area contributed by atoms with Crippen molar-refractivity contribution in [1.82, 2.24) is 0 Å². The molecule has 0 rings (SSSR count). The Kier molecular flexibility index (Phi) is 16.9. The van der Waals surface area contributed by atoms with Crippen molar-refractivity contribution in [2.75, 3.05) is 13.2 Å². The Morgan fingerprint density at radius 1 is 0.767 bits per heavy atom. The minimum absolute atomic E-state index is 0.0339. The zero-order valence-electron chi connectivity index (χ0n) is 21.4. The number of ether oxygens (including phenoxy) is 4. The Hall–Kier alpha value is -0.420. The highest BCUT2D eigenvalue weighted by atomic mass is 16.9. The molecule has 0 spiro atoms. The van der Waals surface area contributed by atoms with Crippen LogP contribution in [0.15, 0.2) is 12.2 Å². The molecule has 30 heavy (non-hydrogen) atoms. The van der Waals surface area contributed by atoms with Gasteiger partial charge in [-0.1, -0.05) is 57.6 Å². The molecule has 4 heteroatoms. The second kappa shape index (κ2) is 17.2. The first kappa shape index (κ1) is 29.6. The summed E-state index contributed by atoms with van der Waals surface area (Å²) in [6.07, 6.45) is 10.6. The third-order valence-corrected chi connectivity index (χ3v) is 4.75. The van der Waals surface area contributed by atoms with Crippen LogP contribution in [0.4, 0.5) is 0 Å². The number of rotatable bonds is 20. The van der Waals surface area contributed by atoms with E-state index in [0.29, 0.717) is 12.5 Å². The first-order chi connectivity index (χ1) is 14.1. The highest BCUT2D eigenvalue weighted by molar-refractivity contribution is 4.87. The first-order valence-corrected chi connectivity index (χ1v) is 12.4. The summed E-state index contributed by atoms with van der Waals surface area (Å²) in [4.78, 5) is 0. The fourth-order valence-electron chi connectivity index (χ4n) is 3.76. The van der Waals surface area contributed by atoms with Gasteiger partial charge in [0, 0.05) is 13.0 Å². The van der Waals surface area contributed by atoms with E-state index in [1.807, 2.05) is 48.5 Å². The average Bonchev–Trinajstić information content (AvgIpc) is 2.58. The molecule has 0 aliphatic heterocycles. The largest absolute Gasteiger partial charge is 0.377 e. The van der Waals surface area contributed by atoms with Gasteiger partial charge >= 0.3 is 0 Å². The van der Waals surface area contributed by atoms with Gasteiger partial charge < -0.3 is 18.9 Å². The Labute approximate surface area is 188 Å². The minimum Gasteiger partial charge on any atom is -0.377 e. The highest BCUT2D eigenvalue weighted by Crippen LogP contribution is 2.34. The van der Waals surface area contributed by atoms with Crippen LogP contribution in [0, 0.1) is 5.92 Å². The van der Waals surface area contributed by atoms with Crippen molar-refractivity contribution in [2.45, 2.75) is 137 Å². The Balaban J connectivity index is 5.14. The zero-order chi connectivity index (χ0) is 23.0. The molecule has 1 unspecified atom stereocenters. The van der Waals surface area contributed by atoms with E-state index in [0.717, 1.165) is 31.4 Å². The van der Waals surface area contributed by atoms with Gasteiger partial charge in [-0.2, -0.15) is 0 Å². The third-order valence-electron chi connectivity index (χ3n) is 4.75. The molecule has 180 valence electrons. The van der Waals surface area contributed by atoms with Crippen LogP contribution in [0.1, 0.15) is 113 Å². The van der Waals surface area contributed by atoms with Gasteiger partial charge in [-0.25, -0.2) is 0 Å². The number of unbranched alkanes of at least 4 members (excludes halogenated alkanes) is 4. The minimum atomic E-state index is -0.983. The van der Waals surface area contributed by atoms with Crippen LogP contribution in [-0.2, 0) is 18.9 Å². The lowest BCUT2D eigenvalue weighted by Gasteiger charge is -2.40. The molecule has 0 amide bonds. The molecular weight excluding hydrogens is 376 g/mol. The van der Waals surface area contributed by atoms with Gasteiger partial charge in [0.25, 0.3) is 5.97 Å². The van der Waals surface area contributed by atoms with E-state index in [4.69, 9.17) is 18.9 Å². The lowest BCUT2D eigenvalue weighted by Crippen LogP contribution is -2.46. The second-order valence-electron chi connectivity index (χ2n) is 9.61. The molecule has 0 radical (unpaired) electrons. The standard InChI is InChI=1S/C26H52O4/c1-10-11-12-13-14-16-25(17-15-18-27-20-21(2)3)19-26(28-22(4)5,29-23(6)7)30-24(8)9/h22-25H,2,10-20H2,1,3-9H3. The van der Waals surface area contributed by atoms with Crippen molar-refractivity contribution in [2.24, 2.45) is 5.92 Å². The summed E-state index contributed by atoms with van der Waals surface area (Å²) in [5.41, 5.74) is 1.07. The normalized spacial score (nSPS) is 13.6. The van der Waals surface area contributed by atoms with E-state index in [2.05, 4.69) is 13.5 Å². The average molecular weight is 429 g/mol. The van der Waals surface area contributed by atoms with Gasteiger partial charge in [-0.3, -0.25) is 0 Å². The van der Waals surface area contributed by atoms with Crippen LogP contribution in [-0.4, -0.2) is 37.5 Å². The summed E-state index contributed by atoms with van der Waals surface area (Å²) in [7, 11) is 0.